The van der Waals surface area contributed by atoms with Crippen molar-refractivity contribution in [3.8, 4) is 6.07 Å². The molecule has 1 saturated heterocycles. The summed E-state index contributed by atoms with van der Waals surface area (Å²) in [7, 11) is -4.34. The Bertz CT molecular complexity index is 1140. The third kappa shape index (κ3) is 5.80. The van der Waals surface area contributed by atoms with E-state index >= 15 is 0 Å². The van der Waals surface area contributed by atoms with Gasteiger partial charge in [-0.25, -0.2) is 13.4 Å². The highest BCUT2D eigenvalue weighted by Gasteiger charge is 2.40. The van der Waals surface area contributed by atoms with Gasteiger partial charge in [0.15, 0.2) is 0 Å². The third-order valence-electron chi connectivity index (χ3n) is 5.28. The van der Waals surface area contributed by atoms with Crippen LogP contribution < -0.4 is 10.6 Å². The third-order valence-corrected chi connectivity index (χ3v) is 7.24. The van der Waals surface area contributed by atoms with Crippen molar-refractivity contribution in [1.82, 2.24) is 14.6 Å². The SMILES string of the molecule is N#Cc1cccnc1NCCNC(=O)C1CCN(S(=O)(=O)c2ccccc2C(F)(F)F)CC1. The van der Waals surface area contributed by atoms with E-state index < -0.39 is 32.6 Å². The van der Waals surface area contributed by atoms with Crippen molar-refractivity contribution in [3.05, 3.63) is 53.7 Å². The summed E-state index contributed by atoms with van der Waals surface area (Å²) in [6.07, 6.45) is -2.85. The van der Waals surface area contributed by atoms with Crippen molar-refractivity contribution in [1.29, 1.82) is 5.26 Å². The number of alkyl halides is 3. The van der Waals surface area contributed by atoms with Crippen LogP contribution in [0.25, 0.3) is 0 Å². The molecule has 2 N–H and O–H groups in total. The number of piperidine rings is 1. The van der Waals surface area contributed by atoms with Gasteiger partial charge in [-0.1, -0.05) is 12.1 Å². The first-order chi connectivity index (χ1) is 15.6. The standard InChI is InChI=1S/C21H22F3N5O3S/c22-21(23,24)17-5-1-2-6-18(17)33(31,32)29-12-7-15(8-13-29)20(30)28-11-10-27-19-16(14-25)4-3-9-26-19/h1-6,9,15H,7-8,10-13H2,(H,26,27)(H,28,30). The highest BCUT2D eigenvalue weighted by molar-refractivity contribution is 7.89. The predicted octanol–water partition coefficient (Wildman–Crippen LogP) is 2.60. The van der Waals surface area contributed by atoms with E-state index in [4.69, 9.17) is 5.26 Å². The normalized spacial score (nSPS) is 15.6. The fourth-order valence-corrected chi connectivity index (χ4v) is 5.25. The molecule has 176 valence electrons. The summed E-state index contributed by atoms with van der Waals surface area (Å²) in [5.41, 5.74) is -0.825. The van der Waals surface area contributed by atoms with Gasteiger partial charge >= 0.3 is 6.18 Å². The Morgan fingerprint density at radius 3 is 2.52 bits per heavy atom. The molecule has 12 heteroatoms. The highest BCUT2D eigenvalue weighted by Crippen LogP contribution is 2.36. The summed E-state index contributed by atoms with van der Waals surface area (Å²) in [6, 6.07) is 9.34. The number of carbonyl (C=O) groups is 1. The zero-order valence-electron chi connectivity index (χ0n) is 17.5. The zero-order valence-corrected chi connectivity index (χ0v) is 18.3. The lowest BCUT2D eigenvalue weighted by Gasteiger charge is -2.31. The summed E-state index contributed by atoms with van der Waals surface area (Å²) in [6.45, 7) is 0.491. The smallest absolute Gasteiger partial charge is 0.367 e. The minimum absolute atomic E-state index is 0.0513. The Morgan fingerprint density at radius 2 is 1.85 bits per heavy atom. The molecule has 0 unspecified atom stereocenters. The van der Waals surface area contributed by atoms with Gasteiger partial charge in [-0.15, -0.1) is 0 Å². The largest absolute Gasteiger partial charge is 0.417 e. The lowest BCUT2D eigenvalue weighted by Crippen LogP contribution is -2.44. The Kier molecular flexibility index (Phi) is 7.55. The van der Waals surface area contributed by atoms with Gasteiger partial charge in [-0.3, -0.25) is 4.79 Å². The van der Waals surface area contributed by atoms with Crippen molar-refractivity contribution >= 4 is 21.7 Å². The molecule has 0 aliphatic carbocycles. The molecular weight excluding hydrogens is 459 g/mol. The van der Waals surface area contributed by atoms with E-state index in [1.54, 1.807) is 12.1 Å². The summed E-state index contributed by atoms with van der Waals surface area (Å²) >= 11 is 0. The van der Waals surface area contributed by atoms with Crippen LogP contribution in [0.4, 0.5) is 19.0 Å². The Morgan fingerprint density at radius 1 is 1.15 bits per heavy atom. The second kappa shape index (κ2) is 10.2. The second-order valence-corrected chi connectivity index (χ2v) is 9.31. The summed E-state index contributed by atoms with van der Waals surface area (Å²) in [5, 5.41) is 14.7. The number of nitrogens with zero attached hydrogens (tertiary/aromatic N) is 3. The highest BCUT2D eigenvalue weighted by atomic mass is 32.2. The maximum atomic E-state index is 13.3. The van der Waals surface area contributed by atoms with E-state index in [0.29, 0.717) is 17.9 Å². The number of benzene rings is 1. The summed E-state index contributed by atoms with van der Waals surface area (Å²) < 4.78 is 66.4. The van der Waals surface area contributed by atoms with Crippen molar-refractivity contribution in [2.45, 2.75) is 23.9 Å². The molecule has 1 amide bonds. The zero-order chi connectivity index (χ0) is 24.1. The number of pyridine rings is 1. The number of sulfonamides is 1. The van der Waals surface area contributed by atoms with Crippen LogP contribution in [0.15, 0.2) is 47.5 Å². The maximum Gasteiger partial charge on any atom is 0.417 e. The minimum Gasteiger partial charge on any atom is -0.367 e. The Balaban J connectivity index is 1.52. The number of hydrogen-bond acceptors (Lipinski definition) is 6. The van der Waals surface area contributed by atoms with Crippen molar-refractivity contribution < 1.29 is 26.4 Å². The van der Waals surface area contributed by atoms with Crippen LogP contribution in [0, 0.1) is 17.2 Å². The number of hydrogen-bond donors (Lipinski definition) is 2. The van der Waals surface area contributed by atoms with Crippen LogP contribution in [-0.4, -0.2) is 49.8 Å². The molecule has 33 heavy (non-hydrogen) atoms. The molecule has 1 aliphatic rings. The molecule has 3 rings (SSSR count). The number of aromatic nitrogens is 1. The molecule has 1 aromatic carbocycles. The average Bonchev–Trinajstić information content (AvgIpc) is 2.81. The molecule has 0 atom stereocenters. The molecule has 2 heterocycles. The van der Waals surface area contributed by atoms with E-state index in [9.17, 15) is 26.4 Å². The van der Waals surface area contributed by atoms with Gasteiger partial charge < -0.3 is 10.6 Å². The molecule has 1 aromatic heterocycles. The average molecular weight is 482 g/mol. The van der Waals surface area contributed by atoms with Crippen LogP contribution in [0.3, 0.4) is 0 Å². The summed E-state index contributed by atoms with van der Waals surface area (Å²) in [5.74, 6) is -0.295. The van der Waals surface area contributed by atoms with Crippen LogP contribution in [0.5, 0.6) is 0 Å². The lowest BCUT2D eigenvalue weighted by atomic mass is 9.97. The van der Waals surface area contributed by atoms with Crippen molar-refractivity contribution in [2.75, 3.05) is 31.5 Å². The molecule has 2 aromatic rings. The number of rotatable bonds is 7. The monoisotopic (exact) mass is 481 g/mol. The number of nitriles is 1. The second-order valence-electron chi connectivity index (χ2n) is 7.40. The van der Waals surface area contributed by atoms with Crippen LogP contribution in [-0.2, 0) is 21.0 Å². The van der Waals surface area contributed by atoms with Gasteiger partial charge in [0.05, 0.1) is 16.0 Å². The number of anilines is 1. The van der Waals surface area contributed by atoms with Crippen molar-refractivity contribution in [3.63, 3.8) is 0 Å². The topological polar surface area (TPSA) is 115 Å². The van der Waals surface area contributed by atoms with Gasteiger partial charge in [-0.05, 0) is 37.1 Å². The molecule has 8 nitrogen and oxygen atoms in total. The molecule has 0 bridgehead atoms. The predicted molar refractivity (Wildman–Crippen MR) is 113 cm³/mol. The minimum atomic E-state index is -4.79. The first kappa shape index (κ1) is 24.5. The quantitative estimate of drug-likeness (QED) is 0.588. The van der Waals surface area contributed by atoms with Gasteiger partial charge in [0.1, 0.15) is 11.9 Å². The Hall–Kier alpha value is -3.17. The molecule has 1 fully saturated rings. The lowest BCUT2D eigenvalue weighted by molar-refractivity contribution is -0.139. The van der Waals surface area contributed by atoms with E-state index in [0.717, 1.165) is 22.5 Å². The van der Waals surface area contributed by atoms with E-state index in [1.807, 2.05) is 6.07 Å². The first-order valence-corrected chi connectivity index (χ1v) is 11.6. The number of amides is 1. The van der Waals surface area contributed by atoms with Crippen LogP contribution >= 0.6 is 0 Å². The van der Waals surface area contributed by atoms with Gasteiger partial charge in [0.2, 0.25) is 15.9 Å². The molecule has 1 aliphatic heterocycles. The Labute approximate surface area is 189 Å². The van der Waals surface area contributed by atoms with Gasteiger partial charge in [0.25, 0.3) is 0 Å². The number of nitrogens with one attached hydrogen (secondary N) is 2. The van der Waals surface area contributed by atoms with E-state index in [1.165, 1.54) is 12.3 Å². The first-order valence-electron chi connectivity index (χ1n) is 10.2. The fourth-order valence-electron chi connectivity index (χ4n) is 3.57. The maximum absolute atomic E-state index is 13.3. The number of halogens is 3. The fraction of sp³-hybridized carbons (Fsp3) is 0.381. The van der Waals surface area contributed by atoms with Crippen molar-refractivity contribution in [2.24, 2.45) is 5.92 Å². The van der Waals surface area contributed by atoms with Gasteiger partial charge in [-0.2, -0.15) is 22.7 Å². The molecule has 0 radical (unpaired) electrons. The van der Waals surface area contributed by atoms with Crippen LogP contribution in [0.2, 0.25) is 0 Å². The summed E-state index contributed by atoms with van der Waals surface area (Å²) in [4.78, 5) is 15.7. The van der Waals surface area contributed by atoms with Crippen LogP contribution in [0.1, 0.15) is 24.0 Å². The molecular formula is C21H22F3N5O3S. The number of carbonyl (C=O) groups excluding carboxylic acids is 1. The van der Waals surface area contributed by atoms with E-state index in [2.05, 4.69) is 15.6 Å². The van der Waals surface area contributed by atoms with E-state index in [-0.39, 0.29) is 38.4 Å². The molecule has 0 spiro atoms. The van der Waals surface area contributed by atoms with Gasteiger partial charge in [0, 0.05) is 38.3 Å². The molecule has 0 saturated carbocycles.